The van der Waals surface area contributed by atoms with E-state index in [1.54, 1.807) is 12.1 Å². The van der Waals surface area contributed by atoms with E-state index in [0.717, 1.165) is 0 Å². The third kappa shape index (κ3) is 3.11. The monoisotopic (exact) mass is 287 g/mol. The van der Waals surface area contributed by atoms with Gasteiger partial charge in [-0.3, -0.25) is 4.79 Å². The van der Waals surface area contributed by atoms with Gasteiger partial charge in [-0.15, -0.1) is 0 Å². The molecule has 6 heteroatoms. The molecule has 0 fully saturated rings. The highest BCUT2D eigenvalue weighted by atomic mass is 16.5. The van der Waals surface area contributed by atoms with Gasteiger partial charge >= 0.3 is 5.97 Å². The molecule has 2 aromatic carbocycles. The van der Waals surface area contributed by atoms with Crippen molar-refractivity contribution in [1.29, 1.82) is 0 Å². The van der Waals surface area contributed by atoms with Gasteiger partial charge in [0, 0.05) is 5.56 Å². The molecule has 2 aromatic rings. The molecule has 0 saturated carbocycles. The van der Waals surface area contributed by atoms with Crippen LogP contribution in [-0.2, 0) is 0 Å². The van der Waals surface area contributed by atoms with E-state index in [2.05, 4.69) is 5.32 Å². The topological polar surface area (TPSA) is 95.9 Å². The molecule has 2 rings (SSSR count). The minimum atomic E-state index is -1.13. The Bertz CT molecular complexity index is 696. The molecule has 6 nitrogen and oxygen atoms in total. The standard InChI is InChI=1S/C15H13NO5/c1-21-13-8-9(6-7-12(13)17)14(18)16-11-5-3-2-4-10(11)15(19)20/h2-8,17H,1H3,(H,16,18)(H,19,20). The van der Waals surface area contributed by atoms with Crippen LogP contribution in [0.4, 0.5) is 5.69 Å². The lowest BCUT2D eigenvalue weighted by molar-refractivity contribution is 0.0698. The Morgan fingerprint density at radius 3 is 2.52 bits per heavy atom. The van der Waals surface area contributed by atoms with Gasteiger partial charge in [-0.2, -0.15) is 0 Å². The first-order valence-corrected chi connectivity index (χ1v) is 6.03. The van der Waals surface area contributed by atoms with E-state index in [4.69, 9.17) is 9.84 Å². The Balaban J connectivity index is 2.28. The minimum absolute atomic E-state index is 0.00315. The number of nitrogens with one attached hydrogen (secondary N) is 1. The van der Waals surface area contributed by atoms with Crippen LogP contribution >= 0.6 is 0 Å². The first-order chi connectivity index (χ1) is 10.0. The minimum Gasteiger partial charge on any atom is -0.504 e. The van der Waals surface area contributed by atoms with Crippen molar-refractivity contribution in [3.05, 3.63) is 53.6 Å². The van der Waals surface area contributed by atoms with E-state index in [0.29, 0.717) is 0 Å². The van der Waals surface area contributed by atoms with Crippen molar-refractivity contribution in [2.75, 3.05) is 12.4 Å². The van der Waals surface area contributed by atoms with E-state index in [1.807, 2.05) is 0 Å². The van der Waals surface area contributed by atoms with Gasteiger partial charge in [0.15, 0.2) is 11.5 Å². The number of carbonyl (C=O) groups is 2. The van der Waals surface area contributed by atoms with Gasteiger partial charge in [0.2, 0.25) is 0 Å². The van der Waals surface area contributed by atoms with E-state index >= 15 is 0 Å². The van der Waals surface area contributed by atoms with Crippen LogP contribution in [0.5, 0.6) is 11.5 Å². The SMILES string of the molecule is COc1cc(C(=O)Nc2ccccc2C(=O)O)ccc1O. The summed E-state index contributed by atoms with van der Waals surface area (Å²) < 4.78 is 4.92. The lowest BCUT2D eigenvalue weighted by atomic mass is 10.1. The summed E-state index contributed by atoms with van der Waals surface area (Å²) in [5.74, 6) is -1.55. The van der Waals surface area contributed by atoms with E-state index in [9.17, 15) is 14.7 Å². The Labute approximate surface area is 120 Å². The highest BCUT2D eigenvalue weighted by molar-refractivity contribution is 6.08. The molecule has 0 aromatic heterocycles. The van der Waals surface area contributed by atoms with E-state index < -0.39 is 11.9 Å². The Morgan fingerprint density at radius 1 is 1.14 bits per heavy atom. The van der Waals surface area contributed by atoms with Gasteiger partial charge in [0.05, 0.1) is 18.4 Å². The third-order valence-corrected chi connectivity index (χ3v) is 2.85. The van der Waals surface area contributed by atoms with Crippen LogP contribution in [-0.4, -0.2) is 29.2 Å². The van der Waals surface area contributed by atoms with Gasteiger partial charge in [-0.05, 0) is 30.3 Å². The molecule has 0 bridgehead atoms. The summed E-state index contributed by atoms with van der Waals surface area (Å²) in [7, 11) is 1.37. The number of rotatable bonds is 4. The number of aromatic carboxylic acids is 1. The molecular formula is C15H13NO5. The summed E-state index contributed by atoms with van der Waals surface area (Å²) in [6, 6.07) is 10.2. The normalized spacial score (nSPS) is 9.95. The number of ether oxygens (including phenoxy) is 1. The number of para-hydroxylation sites is 1. The molecule has 0 aliphatic heterocycles. The van der Waals surface area contributed by atoms with Crippen LogP contribution in [0, 0.1) is 0 Å². The molecule has 0 atom stereocenters. The van der Waals surface area contributed by atoms with Crippen LogP contribution in [0.25, 0.3) is 0 Å². The van der Waals surface area contributed by atoms with Crippen LogP contribution < -0.4 is 10.1 Å². The fourth-order valence-corrected chi connectivity index (χ4v) is 1.79. The molecule has 0 saturated heterocycles. The van der Waals surface area contributed by atoms with E-state index in [-0.39, 0.29) is 28.3 Å². The molecule has 0 heterocycles. The Morgan fingerprint density at radius 2 is 1.86 bits per heavy atom. The molecule has 108 valence electrons. The van der Waals surface area contributed by atoms with Gasteiger partial charge < -0.3 is 20.3 Å². The number of anilines is 1. The van der Waals surface area contributed by atoms with Gasteiger partial charge in [-0.1, -0.05) is 12.1 Å². The molecular weight excluding hydrogens is 274 g/mol. The molecule has 0 aliphatic rings. The van der Waals surface area contributed by atoms with Crippen molar-refractivity contribution in [3.63, 3.8) is 0 Å². The van der Waals surface area contributed by atoms with Crippen molar-refractivity contribution in [2.24, 2.45) is 0 Å². The highest BCUT2D eigenvalue weighted by Crippen LogP contribution is 2.26. The van der Waals surface area contributed by atoms with Crippen molar-refractivity contribution in [2.45, 2.75) is 0 Å². The molecule has 0 aliphatic carbocycles. The molecule has 0 spiro atoms. The first kappa shape index (κ1) is 14.4. The predicted octanol–water partition coefficient (Wildman–Crippen LogP) is 2.35. The van der Waals surface area contributed by atoms with Crippen molar-refractivity contribution < 1.29 is 24.5 Å². The van der Waals surface area contributed by atoms with Crippen molar-refractivity contribution >= 4 is 17.6 Å². The quantitative estimate of drug-likeness (QED) is 0.802. The Hall–Kier alpha value is -3.02. The third-order valence-electron chi connectivity index (χ3n) is 2.85. The van der Waals surface area contributed by atoms with Crippen LogP contribution in [0.3, 0.4) is 0 Å². The number of phenolic OH excluding ortho intramolecular Hbond substituents is 1. The summed E-state index contributed by atoms with van der Waals surface area (Å²) >= 11 is 0. The number of methoxy groups -OCH3 is 1. The maximum absolute atomic E-state index is 12.1. The average molecular weight is 287 g/mol. The number of hydrogen-bond acceptors (Lipinski definition) is 4. The lowest BCUT2D eigenvalue weighted by Crippen LogP contribution is -2.14. The highest BCUT2D eigenvalue weighted by Gasteiger charge is 2.14. The Kier molecular flexibility index (Phi) is 4.08. The first-order valence-electron chi connectivity index (χ1n) is 6.03. The smallest absolute Gasteiger partial charge is 0.337 e. The largest absolute Gasteiger partial charge is 0.504 e. The number of carboxylic acid groups (broad SMARTS) is 1. The van der Waals surface area contributed by atoms with E-state index in [1.165, 1.54) is 37.4 Å². The fourth-order valence-electron chi connectivity index (χ4n) is 1.79. The summed E-state index contributed by atoms with van der Waals surface area (Å²) in [4.78, 5) is 23.2. The number of hydrogen-bond donors (Lipinski definition) is 3. The predicted molar refractivity (Wildman–Crippen MR) is 76.0 cm³/mol. The lowest BCUT2D eigenvalue weighted by Gasteiger charge is -2.09. The molecule has 0 unspecified atom stereocenters. The molecule has 0 radical (unpaired) electrons. The van der Waals surface area contributed by atoms with Crippen LogP contribution in [0.2, 0.25) is 0 Å². The van der Waals surface area contributed by atoms with Gasteiger partial charge in [0.1, 0.15) is 0 Å². The second-order valence-corrected chi connectivity index (χ2v) is 4.19. The number of benzene rings is 2. The number of phenols is 1. The summed E-state index contributed by atoms with van der Waals surface area (Å²) in [6.45, 7) is 0. The second kappa shape index (κ2) is 5.96. The van der Waals surface area contributed by atoms with Crippen LogP contribution in [0.1, 0.15) is 20.7 Å². The number of carboxylic acids is 1. The second-order valence-electron chi connectivity index (χ2n) is 4.19. The number of carbonyl (C=O) groups excluding carboxylic acids is 1. The van der Waals surface area contributed by atoms with Gasteiger partial charge in [0.25, 0.3) is 5.91 Å². The molecule has 3 N–H and O–H groups in total. The van der Waals surface area contributed by atoms with Crippen molar-refractivity contribution in [3.8, 4) is 11.5 Å². The zero-order valence-electron chi connectivity index (χ0n) is 11.2. The van der Waals surface area contributed by atoms with Crippen molar-refractivity contribution in [1.82, 2.24) is 0 Å². The number of amides is 1. The zero-order chi connectivity index (χ0) is 15.4. The zero-order valence-corrected chi connectivity index (χ0v) is 11.2. The summed E-state index contributed by atoms with van der Waals surface area (Å²) in [5.41, 5.74) is 0.434. The fraction of sp³-hybridized carbons (Fsp3) is 0.0667. The summed E-state index contributed by atoms with van der Waals surface area (Å²) in [5, 5.41) is 21.1. The number of aromatic hydroxyl groups is 1. The van der Waals surface area contributed by atoms with Crippen LogP contribution in [0.15, 0.2) is 42.5 Å². The average Bonchev–Trinajstić information content (AvgIpc) is 2.48. The molecule has 1 amide bonds. The maximum Gasteiger partial charge on any atom is 0.337 e. The molecule has 21 heavy (non-hydrogen) atoms. The summed E-state index contributed by atoms with van der Waals surface area (Å²) in [6.07, 6.45) is 0. The van der Waals surface area contributed by atoms with Gasteiger partial charge in [-0.25, -0.2) is 4.79 Å². The maximum atomic E-state index is 12.1.